The number of hydrogen-bond donors (Lipinski definition) is 1. The molecule has 1 aromatic heterocycles. The number of hydrogen-bond acceptors (Lipinski definition) is 3. The minimum absolute atomic E-state index is 0.548. The third kappa shape index (κ3) is 2.73. The summed E-state index contributed by atoms with van der Waals surface area (Å²) in [5.74, 6) is 0.548. The molecule has 0 atom stereocenters. The second kappa shape index (κ2) is 4.68. The summed E-state index contributed by atoms with van der Waals surface area (Å²) in [6.45, 7) is 0. The average molecular weight is 281 g/mol. The van der Waals surface area contributed by atoms with Gasteiger partial charge in [-0.1, -0.05) is 23.9 Å². The van der Waals surface area contributed by atoms with E-state index in [0.29, 0.717) is 5.82 Å². The van der Waals surface area contributed by atoms with Crippen LogP contribution in [0.3, 0.4) is 0 Å². The fourth-order valence-corrected chi connectivity index (χ4v) is 2.55. The third-order valence-corrected chi connectivity index (χ3v) is 3.84. The van der Waals surface area contributed by atoms with E-state index in [9.17, 15) is 0 Å². The van der Waals surface area contributed by atoms with Gasteiger partial charge in [0.15, 0.2) is 0 Å². The normalized spacial score (nSPS) is 10.2. The first kappa shape index (κ1) is 10.5. The summed E-state index contributed by atoms with van der Waals surface area (Å²) < 4.78 is 1.09. The Labute approximate surface area is 101 Å². The molecule has 0 aliphatic heterocycles. The van der Waals surface area contributed by atoms with Crippen LogP contribution >= 0.6 is 27.7 Å². The molecule has 4 heteroatoms. The van der Waals surface area contributed by atoms with Gasteiger partial charge in [0.25, 0.3) is 0 Å². The molecule has 15 heavy (non-hydrogen) atoms. The number of nitrogens with zero attached hydrogens (tertiary/aromatic N) is 1. The Morgan fingerprint density at radius 1 is 1.20 bits per heavy atom. The molecule has 0 saturated carbocycles. The van der Waals surface area contributed by atoms with Gasteiger partial charge in [0, 0.05) is 20.5 Å². The molecule has 0 aliphatic rings. The predicted octanol–water partition coefficient (Wildman–Crippen LogP) is 3.58. The van der Waals surface area contributed by atoms with E-state index in [1.807, 2.05) is 30.3 Å². The number of benzene rings is 1. The summed E-state index contributed by atoms with van der Waals surface area (Å²) in [5, 5.41) is 0. The zero-order valence-corrected chi connectivity index (χ0v) is 10.3. The van der Waals surface area contributed by atoms with Crippen molar-refractivity contribution in [2.75, 3.05) is 5.73 Å². The quantitative estimate of drug-likeness (QED) is 0.914. The Morgan fingerprint density at radius 3 is 2.73 bits per heavy atom. The molecule has 0 aliphatic carbocycles. The van der Waals surface area contributed by atoms with Gasteiger partial charge in [-0.05, 0) is 40.2 Å². The number of aromatic nitrogens is 1. The highest BCUT2D eigenvalue weighted by atomic mass is 79.9. The van der Waals surface area contributed by atoms with Crippen molar-refractivity contribution in [2.45, 2.75) is 9.79 Å². The number of rotatable bonds is 2. The van der Waals surface area contributed by atoms with E-state index in [2.05, 4.69) is 27.0 Å². The molecule has 2 aromatic rings. The molecule has 2 N–H and O–H groups in total. The summed E-state index contributed by atoms with van der Waals surface area (Å²) in [7, 11) is 0. The van der Waals surface area contributed by atoms with Crippen molar-refractivity contribution in [3.05, 3.63) is 47.1 Å². The third-order valence-electron chi connectivity index (χ3n) is 1.82. The zero-order valence-electron chi connectivity index (χ0n) is 7.85. The number of nitrogens with two attached hydrogens (primary N) is 1. The van der Waals surface area contributed by atoms with Crippen LogP contribution in [0.4, 0.5) is 5.82 Å². The molecule has 1 aromatic carbocycles. The second-order valence-electron chi connectivity index (χ2n) is 2.95. The van der Waals surface area contributed by atoms with Crippen molar-refractivity contribution in [3.63, 3.8) is 0 Å². The number of halogens is 1. The van der Waals surface area contributed by atoms with Crippen LogP contribution in [0.25, 0.3) is 0 Å². The highest BCUT2D eigenvalue weighted by Gasteiger charge is 2.01. The molecular weight excluding hydrogens is 272 g/mol. The summed E-state index contributed by atoms with van der Waals surface area (Å²) in [6.07, 6.45) is 1.72. The molecule has 0 bridgehead atoms. The zero-order chi connectivity index (χ0) is 10.7. The van der Waals surface area contributed by atoms with Gasteiger partial charge in [-0.3, -0.25) is 0 Å². The maximum absolute atomic E-state index is 5.61. The summed E-state index contributed by atoms with van der Waals surface area (Å²) in [5.41, 5.74) is 5.61. The minimum Gasteiger partial charge on any atom is -0.384 e. The Balaban J connectivity index is 2.26. The van der Waals surface area contributed by atoms with Gasteiger partial charge in [-0.25, -0.2) is 4.98 Å². The topological polar surface area (TPSA) is 38.9 Å². The van der Waals surface area contributed by atoms with Crippen LogP contribution in [0, 0.1) is 0 Å². The van der Waals surface area contributed by atoms with Gasteiger partial charge in [0.2, 0.25) is 0 Å². The molecule has 0 radical (unpaired) electrons. The molecule has 0 saturated heterocycles. The first-order valence-electron chi connectivity index (χ1n) is 4.39. The Bertz CT molecular complexity index is 474. The van der Waals surface area contributed by atoms with Crippen molar-refractivity contribution in [2.24, 2.45) is 0 Å². The summed E-state index contributed by atoms with van der Waals surface area (Å²) in [6, 6.07) is 11.9. The van der Waals surface area contributed by atoms with Gasteiger partial charge in [0.05, 0.1) is 0 Å². The fraction of sp³-hybridized carbons (Fsp3) is 0. The number of nitrogen functional groups attached to an aromatic ring is 1. The van der Waals surface area contributed by atoms with E-state index in [1.54, 1.807) is 18.0 Å². The summed E-state index contributed by atoms with van der Waals surface area (Å²) in [4.78, 5) is 6.22. The van der Waals surface area contributed by atoms with Crippen molar-refractivity contribution < 1.29 is 0 Å². The van der Waals surface area contributed by atoms with Crippen LogP contribution in [0.15, 0.2) is 56.9 Å². The second-order valence-corrected chi connectivity index (χ2v) is 4.92. The van der Waals surface area contributed by atoms with Crippen molar-refractivity contribution >= 4 is 33.5 Å². The molecule has 0 spiro atoms. The highest BCUT2D eigenvalue weighted by molar-refractivity contribution is 9.10. The van der Waals surface area contributed by atoms with Crippen LogP contribution in [-0.4, -0.2) is 4.98 Å². The first-order valence-corrected chi connectivity index (χ1v) is 6.00. The lowest BCUT2D eigenvalue weighted by atomic mass is 10.4. The number of anilines is 1. The summed E-state index contributed by atoms with van der Waals surface area (Å²) >= 11 is 5.17. The molecule has 0 unspecified atom stereocenters. The number of pyridine rings is 1. The van der Waals surface area contributed by atoms with E-state index in [-0.39, 0.29) is 0 Å². The van der Waals surface area contributed by atoms with E-state index in [4.69, 9.17) is 5.73 Å². The maximum Gasteiger partial charge on any atom is 0.124 e. The monoisotopic (exact) mass is 280 g/mol. The standard InChI is InChI=1S/C11H9BrN2S/c12-9-3-1-2-4-10(9)15-8-5-6-14-11(13)7-8/h1-7H,(H2,13,14). The van der Waals surface area contributed by atoms with Crippen LogP contribution in [-0.2, 0) is 0 Å². The molecule has 0 amide bonds. The van der Waals surface area contributed by atoms with Gasteiger partial charge >= 0.3 is 0 Å². The van der Waals surface area contributed by atoms with Crippen molar-refractivity contribution in [3.8, 4) is 0 Å². The van der Waals surface area contributed by atoms with E-state index in [0.717, 1.165) is 9.37 Å². The maximum atomic E-state index is 5.61. The van der Waals surface area contributed by atoms with Crippen LogP contribution in [0.5, 0.6) is 0 Å². The lowest BCUT2D eigenvalue weighted by Crippen LogP contribution is -1.88. The minimum atomic E-state index is 0.548. The molecule has 1 heterocycles. The average Bonchev–Trinajstić information content (AvgIpc) is 2.22. The lowest BCUT2D eigenvalue weighted by Gasteiger charge is -2.03. The van der Waals surface area contributed by atoms with Crippen LogP contribution in [0.1, 0.15) is 0 Å². The first-order chi connectivity index (χ1) is 7.25. The lowest BCUT2D eigenvalue weighted by molar-refractivity contribution is 1.27. The molecule has 76 valence electrons. The fourth-order valence-electron chi connectivity index (χ4n) is 1.15. The largest absolute Gasteiger partial charge is 0.384 e. The smallest absolute Gasteiger partial charge is 0.124 e. The van der Waals surface area contributed by atoms with E-state index >= 15 is 0 Å². The Morgan fingerprint density at radius 2 is 2.00 bits per heavy atom. The van der Waals surface area contributed by atoms with Crippen LogP contribution in [0.2, 0.25) is 0 Å². The SMILES string of the molecule is Nc1cc(Sc2ccccc2Br)ccn1. The van der Waals surface area contributed by atoms with E-state index < -0.39 is 0 Å². The highest BCUT2D eigenvalue weighted by Crippen LogP contribution is 2.33. The van der Waals surface area contributed by atoms with E-state index in [1.165, 1.54) is 4.90 Å². The predicted molar refractivity (Wildman–Crippen MR) is 66.9 cm³/mol. The Hall–Kier alpha value is -1.00. The van der Waals surface area contributed by atoms with Gasteiger partial charge in [0.1, 0.15) is 5.82 Å². The van der Waals surface area contributed by atoms with Gasteiger partial charge in [-0.2, -0.15) is 0 Å². The molecule has 2 nitrogen and oxygen atoms in total. The molecule has 2 rings (SSSR count). The van der Waals surface area contributed by atoms with Gasteiger partial charge in [-0.15, -0.1) is 0 Å². The van der Waals surface area contributed by atoms with Crippen LogP contribution < -0.4 is 5.73 Å². The van der Waals surface area contributed by atoms with Crippen molar-refractivity contribution in [1.82, 2.24) is 4.98 Å². The molecule has 0 fully saturated rings. The molecular formula is C11H9BrN2S. The Kier molecular flexibility index (Phi) is 3.28. The van der Waals surface area contributed by atoms with Crippen molar-refractivity contribution in [1.29, 1.82) is 0 Å². The van der Waals surface area contributed by atoms with Gasteiger partial charge < -0.3 is 5.73 Å².